The molecule has 0 unspecified atom stereocenters. The summed E-state index contributed by atoms with van der Waals surface area (Å²) in [6.07, 6.45) is 6.00. The second kappa shape index (κ2) is 5.02. The number of rotatable bonds is 6. The van der Waals surface area contributed by atoms with Crippen LogP contribution in [0.2, 0.25) is 0 Å². The molecule has 2 aromatic rings. The maximum atomic E-state index is 5.36. The number of hydrogen-bond donors (Lipinski definition) is 2. The third-order valence-electron chi connectivity index (χ3n) is 3.68. The molecule has 1 heterocycles. The Hall–Kier alpha value is -1.48. The summed E-state index contributed by atoms with van der Waals surface area (Å²) in [7, 11) is 1.71. The number of H-pyrrole nitrogens is 1. The molecule has 0 aliphatic heterocycles. The van der Waals surface area contributed by atoms with E-state index >= 15 is 0 Å². The van der Waals surface area contributed by atoms with Crippen molar-refractivity contribution in [3.63, 3.8) is 0 Å². The van der Waals surface area contributed by atoms with Crippen LogP contribution in [0.4, 0.5) is 0 Å². The molecule has 1 saturated carbocycles. The van der Waals surface area contributed by atoms with Crippen molar-refractivity contribution in [3.8, 4) is 5.75 Å². The highest BCUT2D eigenvalue weighted by molar-refractivity contribution is 5.88. The lowest BCUT2D eigenvalue weighted by Gasteiger charge is -2.04. The average Bonchev–Trinajstić information content (AvgIpc) is 3.14. The lowest BCUT2D eigenvalue weighted by Crippen LogP contribution is -2.19. The van der Waals surface area contributed by atoms with Crippen LogP contribution in [0.5, 0.6) is 5.75 Å². The summed E-state index contributed by atoms with van der Waals surface area (Å²) in [4.78, 5) is 3.32. The number of para-hydroxylation sites is 1. The second-order valence-electron chi connectivity index (χ2n) is 5.09. The fourth-order valence-corrected chi connectivity index (χ4v) is 2.41. The van der Waals surface area contributed by atoms with Crippen LogP contribution in [0.3, 0.4) is 0 Å². The normalized spacial score (nSPS) is 15.2. The standard InChI is InChI=1S/C15H20N2O/c1-18-14-4-2-3-13-12(10-17-15(13)14)7-8-16-9-11-5-6-11/h2-4,10-11,16-17H,5-9H2,1H3. The van der Waals surface area contributed by atoms with Crippen molar-refractivity contribution < 1.29 is 4.74 Å². The molecule has 0 atom stereocenters. The molecule has 0 radical (unpaired) electrons. The minimum absolute atomic E-state index is 0.921. The van der Waals surface area contributed by atoms with E-state index in [0.717, 1.165) is 30.1 Å². The van der Waals surface area contributed by atoms with E-state index in [1.807, 2.05) is 6.07 Å². The van der Waals surface area contributed by atoms with Gasteiger partial charge in [0.2, 0.25) is 0 Å². The molecule has 1 aliphatic carbocycles. The van der Waals surface area contributed by atoms with Gasteiger partial charge in [0.25, 0.3) is 0 Å². The van der Waals surface area contributed by atoms with E-state index in [4.69, 9.17) is 4.74 Å². The third kappa shape index (κ3) is 2.36. The van der Waals surface area contributed by atoms with Gasteiger partial charge >= 0.3 is 0 Å². The minimum atomic E-state index is 0.921. The number of nitrogens with one attached hydrogen (secondary N) is 2. The molecule has 2 N–H and O–H groups in total. The molecule has 1 fully saturated rings. The monoisotopic (exact) mass is 244 g/mol. The molecule has 0 saturated heterocycles. The Bertz CT molecular complexity index is 528. The lowest BCUT2D eigenvalue weighted by atomic mass is 10.1. The van der Waals surface area contributed by atoms with Crippen LogP contribution in [0, 0.1) is 5.92 Å². The lowest BCUT2D eigenvalue weighted by molar-refractivity contribution is 0.419. The van der Waals surface area contributed by atoms with Gasteiger partial charge in [0.1, 0.15) is 5.75 Å². The predicted octanol–water partition coefficient (Wildman–Crippen LogP) is 2.72. The van der Waals surface area contributed by atoms with Gasteiger partial charge in [-0.25, -0.2) is 0 Å². The number of hydrogen-bond acceptors (Lipinski definition) is 2. The van der Waals surface area contributed by atoms with Crippen LogP contribution in [0.25, 0.3) is 10.9 Å². The molecule has 0 spiro atoms. The van der Waals surface area contributed by atoms with Gasteiger partial charge in [-0.05, 0) is 49.9 Å². The van der Waals surface area contributed by atoms with Crippen LogP contribution in [-0.4, -0.2) is 25.2 Å². The Kier molecular flexibility index (Phi) is 3.24. The number of aromatic amines is 1. The molecule has 18 heavy (non-hydrogen) atoms. The van der Waals surface area contributed by atoms with Gasteiger partial charge in [0, 0.05) is 11.6 Å². The Morgan fingerprint density at radius 1 is 1.39 bits per heavy atom. The van der Waals surface area contributed by atoms with Crippen molar-refractivity contribution in [2.45, 2.75) is 19.3 Å². The molecule has 0 bridgehead atoms. The largest absolute Gasteiger partial charge is 0.495 e. The molecule has 3 heteroatoms. The fraction of sp³-hybridized carbons (Fsp3) is 0.467. The van der Waals surface area contributed by atoms with E-state index < -0.39 is 0 Å². The number of methoxy groups -OCH3 is 1. The summed E-state index contributed by atoms with van der Waals surface area (Å²) in [5.41, 5.74) is 2.48. The summed E-state index contributed by atoms with van der Waals surface area (Å²) in [5, 5.41) is 4.81. The van der Waals surface area contributed by atoms with E-state index in [-0.39, 0.29) is 0 Å². The highest BCUT2D eigenvalue weighted by atomic mass is 16.5. The quantitative estimate of drug-likeness (QED) is 0.767. The zero-order valence-electron chi connectivity index (χ0n) is 10.8. The van der Waals surface area contributed by atoms with Crippen molar-refractivity contribution >= 4 is 10.9 Å². The summed E-state index contributed by atoms with van der Waals surface area (Å²) in [6, 6.07) is 6.20. The van der Waals surface area contributed by atoms with Crippen molar-refractivity contribution in [2.75, 3.05) is 20.2 Å². The van der Waals surface area contributed by atoms with Crippen LogP contribution >= 0.6 is 0 Å². The number of ether oxygens (including phenoxy) is 1. The molecule has 1 aromatic heterocycles. The Morgan fingerprint density at radius 2 is 2.28 bits per heavy atom. The predicted molar refractivity (Wildman–Crippen MR) is 74.1 cm³/mol. The zero-order valence-corrected chi connectivity index (χ0v) is 10.8. The molecule has 1 aromatic carbocycles. The van der Waals surface area contributed by atoms with Crippen molar-refractivity contribution in [2.24, 2.45) is 5.92 Å². The second-order valence-corrected chi connectivity index (χ2v) is 5.09. The van der Waals surface area contributed by atoms with Crippen LogP contribution in [-0.2, 0) is 6.42 Å². The minimum Gasteiger partial charge on any atom is -0.495 e. The maximum absolute atomic E-state index is 5.36. The van der Waals surface area contributed by atoms with Crippen molar-refractivity contribution in [3.05, 3.63) is 30.0 Å². The molecule has 3 nitrogen and oxygen atoms in total. The van der Waals surface area contributed by atoms with Gasteiger partial charge in [0.05, 0.1) is 12.6 Å². The highest BCUT2D eigenvalue weighted by Crippen LogP contribution is 2.28. The molecule has 3 rings (SSSR count). The van der Waals surface area contributed by atoms with Gasteiger partial charge in [-0.1, -0.05) is 12.1 Å². The average molecular weight is 244 g/mol. The van der Waals surface area contributed by atoms with E-state index in [2.05, 4.69) is 28.6 Å². The third-order valence-corrected chi connectivity index (χ3v) is 3.68. The summed E-state index contributed by atoms with van der Waals surface area (Å²) in [5.74, 6) is 1.87. The first-order valence-electron chi connectivity index (χ1n) is 6.72. The molecule has 1 aliphatic rings. The van der Waals surface area contributed by atoms with E-state index in [1.165, 1.54) is 30.3 Å². The fourth-order valence-electron chi connectivity index (χ4n) is 2.41. The first-order valence-corrected chi connectivity index (χ1v) is 6.72. The maximum Gasteiger partial charge on any atom is 0.142 e. The number of fused-ring (bicyclic) bond motifs is 1. The van der Waals surface area contributed by atoms with Crippen molar-refractivity contribution in [1.82, 2.24) is 10.3 Å². The summed E-state index contributed by atoms with van der Waals surface area (Å²) < 4.78 is 5.36. The highest BCUT2D eigenvalue weighted by Gasteiger charge is 2.20. The Labute approximate surface area is 108 Å². The molecule has 96 valence electrons. The van der Waals surface area contributed by atoms with Gasteiger partial charge in [-0.3, -0.25) is 0 Å². The SMILES string of the molecule is COc1cccc2c(CCNCC3CC3)c[nH]c12. The number of benzene rings is 1. The van der Waals surface area contributed by atoms with E-state index in [9.17, 15) is 0 Å². The van der Waals surface area contributed by atoms with Crippen LogP contribution < -0.4 is 10.1 Å². The molecular formula is C15H20N2O. The van der Waals surface area contributed by atoms with Gasteiger partial charge < -0.3 is 15.0 Å². The van der Waals surface area contributed by atoms with Gasteiger partial charge in [-0.2, -0.15) is 0 Å². The van der Waals surface area contributed by atoms with Crippen LogP contribution in [0.1, 0.15) is 18.4 Å². The first kappa shape index (κ1) is 11.6. The summed E-state index contributed by atoms with van der Waals surface area (Å²) in [6.45, 7) is 2.24. The van der Waals surface area contributed by atoms with Gasteiger partial charge in [0.15, 0.2) is 0 Å². The Morgan fingerprint density at radius 3 is 3.06 bits per heavy atom. The first-order chi connectivity index (χ1) is 8.88. The molecule has 0 amide bonds. The van der Waals surface area contributed by atoms with Gasteiger partial charge in [-0.15, -0.1) is 0 Å². The Balaban J connectivity index is 1.67. The smallest absolute Gasteiger partial charge is 0.142 e. The van der Waals surface area contributed by atoms with Crippen molar-refractivity contribution in [1.29, 1.82) is 0 Å². The topological polar surface area (TPSA) is 37.0 Å². The van der Waals surface area contributed by atoms with E-state index in [0.29, 0.717) is 0 Å². The number of aromatic nitrogens is 1. The zero-order chi connectivity index (χ0) is 12.4. The van der Waals surface area contributed by atoms with Crippen LogP contribution in [0.15, 0.2) is 24.4 Å². The molecular weight excluding hydrogens is 224 g/mol. The van der Waals surface area contributed by atoms with E-state index in [1.54, 1.807) is 7.11 Å². The summed E-state index contributed by atoms with van der Waals surface area (Å²) >= 11 is 0.